The highest BCUT2D eigenvalue weighted by molar-refractivity contribution is 6.40. The molecule has 266 valence electrons. The van der Waals surface area contributed by atoms with Gasteiger partial charge in [0.1, 0.15) is 28.8 Å². The molecule has 8 heteroatoms. The average Bonchev–Trinajstić information content (AvgIpc) is 3.15. The molecule has 9 rings (SSSR count). The number of nitrogens with zero attached hydrogens (tertiary/aromatic N) is 2. The lowest BCUT2D eigenvalue weighted by atomic mass is 9.73. The van der Waals surface area contributed by atoms with Crippen LogP contribution in [0.25, 0.3) is 5.57 Å². The van der Waals surface area contributed by atoms with Crippen molar-refractivity contribution in [1.82, 2.24) is 4.58 Å². The third kappa shape index (κ3) is 4.43. The standard InChI is InChI=1S/C46H36N2O6/c1-45(2)27-13-5-9-17-31(27)47(32-18-10-6-14-28(32)45)25-21-35(49)39(36(50)22-25)41-43(53)42(44(41)54)40-37(51)23-26(24-38(40)52)48-33-19-11-7-15-29(33)46(3,4)30-16-8-12-20-34(30)48/h5-24H,1-4H3,(H4,49,50,51,52,53,54)/p+1. The summed E-state index contributed by atoms with van der Waals surface area (Å²) < 4.78 is 1.95. The van der Waals surface area contributed by atoms with Crippen LogP contribution in [0.2, 0.25) is 0 Å². The second-order valence-electron chi connectivity index (χ2n) is 15.1. The van der Waals surface area contributed by atoms with Crippen LogP contribution in [0.3, 0.4) is 0 Å². The second-order valence-corrected chi connectivity index (χ2v) is 15.1. The van der Waals surface area contributed by atoms with E-state index >= 15 is 0 Å². The van der Waals surface area contributed by atoms with Crippen molar-refractivity contribution in [3.63, 3.8) is 0 Å². The number of rotatable bonds is 2. The van der Waals surface area contributed by atoms with E-state index in [1.165, 1.54) is 24.3 Å². The molecule has 2 aliphatic heterocycles. The van der Waals surface area contributed by atoms with Crippen LogP contribution in [0.5, 0.6) is 11.5 Å². The Morgan fingerprint density at radius 1 is 0.537 bits per heavy atom. The second kappa shape index (κ2) is 11.3. The first-order valence-corrected chi connectivity index (χ1v) is 17.8. The van der Waals surface area contributed by atoms with Gasteiger partial charge in [0.05, 0.1) is 51.5 Å². The normalized spacial score (nSPS) is 17.9. The largest absolute Gasteiger partial charge is 0.507 e. The third-order valence-corrected chi connectivity index (χ3v) is 11.4. The monoisotopic (exact) mass is 713 g/mol. The number of allylic oxidation sites excluding steroid dienone is 4. The predicted molar refractivity (Wildman–Crippen MR) is 211 cm³/mol. The lowest BCUT2D eigenvalue weighted by Gasteiger charge is -2.42. The number of phenolic OH excluding ortho intramolecular Hbond substituents is 2. The molecule has 5 aromatic carbocycles. The number of carbonyl (C=O) groups is 1. The number of hydrogen-bond acceptors (Lipinski definition) is 7. The van der Waals surface area contributed by atoms with Crippen LogP contribution in [0.4, 0.5) is 28.4 Å². The summed E-state index contributed by atoms with van der Waals surface area (Å²) >= 11 is 0. The Balaban J connectivity index is 1.14. The molecule has 2 aliphatic carbocycles. The number of aliphatic hydroxyl groups excluding tert-OH is 3. The molecule has 5 N–H and O–H groups in total. The van der Waals surface area contributed by atoms with Crippen molar-refractivity contribution in [3.05, 3.63) is 178 Å². The Hall–Kier alpha value is -6.80. The molecule has 0 saturated carbocycles. The zero-order chi connectivity index (χ0) is 37.8. The number of ketones is 1. The van der Waals surface area contributed by atoms with Crippen LogP contribution >= 0.6 is 0 Å². The highest BCUT2D eigenvalue weighted by Gasteiger charge is 2.45. The van der Waals surface area contributed by atoms with Crippen molar-refractivity contribution >= 4 is 45.5 Å². The Bertz CT molecular complexity index is 2540. The van der Waals surface area contributed by atoms with Gasteiger partial charge in [0.15, 0.2) is 0 Å². The summed E-state index contributed by atoms with van der Waals surface area (Å²) in [4.78, 5) is 15.8. The molecule has 0 atom stereocenters. The van der Waals surface area contributed by atoms with Crippen molar-refractivity contribution in [2.75, 3.05) is 4.90 Å². The summed E-state index contributed by atoms with van der Waals surface area (Å²) in [6, 6.07) is 34.7. The van der Waals surface area contributed by atoms with Gasteiger partial charge < -0.3 is 30.4 Å². The van der Waals surface area contributed by atoms with Crippen LogP contribution in [-0.2, 0) is 15.6 Å². The minimum Gasteiger partial charge on any atom is -0.507 e. The number of benzene rings is 5. The molecule has 0 saturated heterocycles. The minimum atomic E-state index is -0.755. The molecule has 54 heavy (non-hydrogen) atoms. The van der Waals surface area contributed by atoms with E-state index in [2.05, 4.69) is 52.0 Å². The molecule has 0 unspecified atom stereocenters. The highest BCUT2D eigenvalue weighted by atomic mass is 16.3. The van der Waals surface area contributed by atoms with Crippen LogP contribution in [0.1, 0.15) is 55.5 Å². The van der Waals surface area contributed by atoms with Gasteiger partial charge in [-0.1, -0.05) is 100 Å². The molecule has 4 aliphatic rings. The summed E-state index contributed by atoms with van der Waals surface area (Å²) in [5.74, 6) is -3.01. The number of carbonyl (C=O) groups excluding carboxylic acids is 1. The summed E-state index contributed by atoms with van der Waals surface area (Å²) in [6.45, 7) is 8.62. The highest BCUT2D eigenvalue weighted by Crippen LogP contribution is 2.54. The van der Waals surface area contributed by atoms with Crippen LogP contribution in [0, 0.1) is 0 Å². The smallest absolute Gasteiger partial charge is 0.219 e. The minimum absolute atomic E-state index is 0.247. The van der Waals surface area contributed by atoms with Crippen molar-refractivity contribution < 1.29 is 30.3 Å². The first kappa shape index (κ1) is 33.1. The van der Waals surface area contributed by atoms with Gasteiger partial charge in [0.25, 0.3) is 0 Å². The molecular weight excluding hydrogens is 677 g/mol. The SMILES string of the molecule is CC1(C)c2ccccc2N(c2cc(O)c(C3=C(O)C(=C4C(O)=CC(=[N+]5c6ccccc6C(C)(C)c6ccccc65)C=C4O)C3=O)c(O)c2)c2ccccc21. The number of phenols is 2. The van der Waals surface area contributed by atoms with E-state index in [0.29, 0.717) is 11.4 Å². The fraction of sp³-hybridized carbons (Fsp3) is 0.130. The molecule has 0 radical (unpaired) electrons. The molecule has 8 nitrogen and oxygen atoms in total. The topological polar surface area (TPSA) is 124 Å². The molecule has 2 heterocycles. The number of fused-ring (bicyclic) bond motifs is 4. The zero-order valence-corrected chi connectivity index (χ0v) is 30.1. The van der Waals surface area contributed by atoms with Gasteiger partial charge in [-0.15, -0.1) is 0 Å². The maximum Gasteiger partial charge on any atom is 0.219 e. The number of Topliss-reactive ketones (excluding diaryl/α,β-unsaturated/α-hetero) is 1. The van der Waals surface area contributed by atoms with Gasteiger partial charge >= 0.3 is 0 Å². The summed E-state index contributed by atoms with van der Waals surface area (Å²) in [7, 11) is 0. The van der Waals surface area contributed by atoms with E-state index in [0.717, 1.165) is 45.0 Å². The fourth-order valence-corrected chi connectivity index (χ4v) is 8.73. The van der Waals surface area contributed by atoms with Crippen molar-refractivity contribution in [2.45, 2.75) is 38.5 Å². The Morgan fingerprint density at radius 3 is 1.44 bits per heavy atom. The van der Waals surface area contributed by atoms with E-state index in [1.54, 1.807) is 0 Å². The van der Waals surface area contributed by atoms with Gasteiger partial charge in [-0.3, -0.25) is 4.79 Å². The van der Waals surface area contributed by atoms with Gasteiger partial charge in [-0.05, 0) is 23.3 Å². The Labute approximate surface area is 312 Å². The number of aliphatic hydroxyl groups is 3. The lowest BCUT2D eigenvalue weighted by molar-refractivity contribution is -0.111. The summed E-state index contributed by atoms with van der Waals surface area (Å²) in [5.41, 5.74) is 6.87. The molecule has 0 aromatic heterocycles. The van der Waals surface area contributed by atoms with Crippen LogP contribution in [0.15, 0.2) is 150 Å². The molecule has 5 aromatic rings. The Morgan fingerprint density at radius 2 is 0.963 bits per heavy atom. The number of aromatic hydroxyl groups is 2. The zero-order valence-electron chi connectivity index (χ0n) is 30.1. The van der Waals surface area contributed by atoms with Crippen molar-refractivity contribution in [1.29, 1.82) is 0 Å². The van der Waals surface area contributed by atoms with Crippen LogP contribution in [-0.4, -0.2) is 37.0 Å². The number of anilines is 3. The molecule has 0 amide bonds. The van der Waals surface area contributed by atoms with Crippen molar-refractivity contribution in [3.8, 4) is 11.5 Å². The molecule has 0 bridgehead atoms. The number of para-hydroxylation sites is 4. The first-order chi connectivity index (χ1) is 25.8. The third-order valence-electron chi connectivity index (χ3n) is 11.4. The quantitative estimate of drug-likeness (QED) is 0.0911. The van der Waals surface area contributed by atoms with E-state index < -0.39 is 34.6 Å². The maximum absolute atomic E-state index is 13.8. The predicted octanol–water partition coefficient (Wildman–Crippen LogP) is 9.87. The van der Waals surface area contributed by atoms with Gasteiger partial charge in [-0.25, -0.2) is 0 Å². The fourth-order valence-electron chi connectivity index (χ4n) is 8.73. The summed E-state index contributed by atoms with van der Waals surface area (Å²) in [6.07, 6.45) is 2.90. The van der Waals surface area contributed by atoms with Crippen molar-refractivity contribution in [2.24, 2.45) is 0 Å². The number of hydrogen-bond donors (Lipinski definition) is 5. The van der Waals surface area contributed by atoms with Gasteiger partial charge in [0, 0.05) is 46.2 Å². The molecular formula is C46H37N2O6+. The van der Waals surface area contributed by atoms with E-state index in [1.807, 2.05) is 82.3 Å². The van der Waals surface area contributed by atoms with Crippen LogP contribution < -0.4 is 9.48 Å². The maximum atomic E-state index is 13.8. The van der Waals surface area contributed by atoms with E-state index in [9.17, 15) is 30.3 Å². The lowest BCUT2D eigenvalue weighted by Crippen LogP contribution is -2.31. The first-order valence-electron chi connectivity index (χ1n) is 17.8. The molecule has 0 spiro atoms. The average molecular weight is 714 g/mol. The Kier molecular flexibility index (Phi) is 6.95. The molecule has 0 fully saturated rings. The van der Waals surface area contributed by atoms with E-state index in [4.69, 9.17) is 0 Å². The van der Waals surface area contributed by atoms with Gasteiger partial charge in [0.2, 0.25) is 22.9 Å². The van der Waals surface area contributed by atoms with Gasteiger partial charge in [-0.2, -0.15) is 4.58 Å². The summed E-state index contributed by atoms with van der Waals surface area (Å²) in [5, 5.41) is 57.0. The van der Waals surface area contributed by atoms with E-state index in [-0.39, 0.29) is 33.1 Å².